The van der Waals surface area contributed by atoms with Crippen molar-refractivity contribution in [2.24, 2.45) is 5.41 Å². The van der Waals surface area contributed by atoms with E-state index in [0.717, 1.165) is 11.1 Å². The number of nitrogens with zero attached hydrogens (tertiary/aromatic N) is 4. The number of benzene rings is 1. The van der Waals surface area contributed by atoms with E-state index in [4.69, 9.17) is 4.74 Å². The number of hydrogen-bond donors (Lipinski definition) is 1. The molecule has 0 saturated carbocycles. The van der Waals surface area contributed by atoms with Gasteiger partial charge in [-0.05, 0) is 35.9 Å². The van der Waals surface area contributed by atoms with Gasteiger partial charge in [0.15, 0.2) is 0 Å². The van der Waals surface area contributed by atoms with Crippen LogP contribution in [-0.4, -0.2) is 53.9 Å². The van der Waals surface area contributed by atoms with Gasteiger partial charge >= 0.3 is 0 Å². The first kappa shape index (κ1) is 23.2. The lowest BCUT2D eigenvalue weighted by Gasteiger charge is -2.33. The molecule has 4 rings (SSSR count). The number of carbonyl (C=O) groups is 2. The minimum absolute atomic E-state index is 0.0248. The van der Waals surface area contributed by atoms with E-state index in [1.54, 1.807) is 36.3 Å². The van der Waals surface area contributed by atoms with Crippen LogP contribution < -0.4 is 15.0 Å². The van der Waals surface area contributed by atoms with Gasteiger partial charge in [0.1, 0.15) is 18.1 Å². The normalized spacial score (nSPS) is 13.0. The van der Waals surface area contributed by atoms with Crippen molar-refractivity contribution in [2.45, 2.75) is 20.8 Å². The number of pyridine rings is 2. The summed E-state index contributed by atoms with van der Waals surface area (Å²) in [6.45, 7) is 6.61. The molecular formula is C26H29N5O3. The average molecular weight is 460 g/mol. The van der Waals surface area contributed by atoms with Gasteiger partial charge in [-0.15, -0.1) is 0 Å². The minimum Gasteiger partial charge on any atom is -0.474 e. The smallest absolute Gasteiger partial charge is 0.253 e. The van der Waals surface area contributed by atoms with Crippen LogP contribution in [0.3, 0.4) is 0 Å². The number of anilines is 3. The van der Waals surface area contributed by atoms with Gasteiger partial charge in [0.25, 0.3) is 5.91 Å². The summed E-state index contributed by atoms with van der Waals surface area (Å²) in [5.74, 6) is 1.09. The van der Waals surface area contributed by atoms with E-state index in [-0.39, 0.29) is 11.8 Å². The quantitative estimate of drug-likeness (QED) is 0.624. The van der Waals surface area contributed by atoms with Gasteiger partial charge in [-0.1, -0.05) is 32.9 Å². The van der Waals surface area contributed by atoms with E-state index < -0.39 is 5.41 Å². The molecule has 0 aliphatic carbocycles. The number of ether oxygens (including phenoxy) is 1. The Labute approximate surface area is 199 Å². The van der Waals surface area contributed by atoms with Crippen LogP contribution in [0.5, 0.6) is 5.88 Å². The second kappa shape index (κ2) is 9.13. The average Bonchev–Trinajstić information content (AvgIpc) is 2.82. The zero-order valence-electron chi connectivity index (χ0n) is 20.1. The third-order valence-corrected chi connectivity index (χ3v) is 5.47. The van der Waals surface area contributed by atoms with E-state index in [0.29, 0.717) is 41.8 Å². The number of carbonyl (C=O) groups excluding carboxylic acids is 2. The Morgan fingerprint density at radius 1 is 1.00 bits per heavy atom. The van der Waals surface area contributed by atoms with Crippen molar-refractivity contribution in [3.8, 4) is 17.0 Å². The van der Waals surface area contributed by atoms with E-state index in [9.17, 15) is 9.59 Å². The number of fused-ring (bicyclic) bond motifs is 1. The SMILES string of the molecule is CN(C)C(=O)c1ccc(-c2ccc(Nc3cnc4c(c3)N(C(=O)C(C)(C)C)CCO4)nc2)cc1. The number of nitrogens with one attached hydrogen (secondary N) is 1. The first-order valence-corrected chi connectivity index (χ1v) is 11.1. The highest BCUT2D eigenvalue weighted by Gasteiger charge is 2.32. The number of amides is 2. The monoisotopic (exact) mass is 459 g/mol. The summed E-state index contributed by atoms with van der Waals surface area (Å²) in [5, 5.41) is 3.25. The lowest BCUT2D eigenvalue weighted by Crippen LogP contribution is -2.44. The summed E-state index contributed by atoms with van der Waals surface area (Å²) in [7, 11) is 3.47. The summed E-state index contributed by atoms with van der Waals surface area (Å²) < 4.78 is 5.65. The predicted octanol–water partition coefficient (Wildman–Crippen LogP) is 4.36. The Morgan fingerprint density at radius 2 is 1.71 bits per heavy atom. The molecule has 1 N–H and O–H groups in total. The zero-order valence-corrected chi connectivity index (χ0v) is 20.1. The van der Waals surface area contributed by atoms with Crippen molar-refractivity contribution < 1.29 is 14.3 Å². The lowest BCUT2D eigenvalue weighted by molar-refractivity contribution is -0.126. The van der Waals surface area contributed by atoms with Crippen LogP contribution in [0.4, 0.5) is 17.2 Å². The number of rotatable bonds is 4. The van der Waals surface area contributed by atoms with Crippen molar-refractivity contribution in [3.05, 3.63) is 60.4 Å². The minimum atomic E-state index is -0.507. The summed E-state index contributed by atoms with van der Waals surface area (Å²) in [6, 6.07) is 13.2. The first-order valence-electron chi connectivity index (χ1n) is 11.1. The number of aromatic nitrogens is 2. The molecule has 0 saturated heterocycles. The first-order chi connectivity index (χ1) is 16.1. The van der Waals surface area contributed by atoms with E-state index >= 15 is 0 Å². The van der Waals surface area contributed by atoms with Crippen molar-refractivity contribution >= 4 is 29.0 Å². The highest BCUT2D eigenvalue weighted by molar-refractivity contribution is 5.98. The summed E-state index contributed by atoms with van der Waals surface area (Å²) >= 11 is 0. The molecule has 8 nitrogen and oxygen atoms in total. The second-order valence-electron chi connectivity index (χ2n) is 9.44. The molecule has 0 fully saturated rings. The summed E-state index contributed by atoms with van der Waals surface area (Å²) in [4.78, 5) is 37.2. The van der Waals surface area contributed by atoms with Crippen LogP contribution in [0.15, 0.2) is 54.9 Å². The van der Waals surface area contributed by atoms with Gasteiger partial charge in [-0.25, -0.2) is 9.97 Å². The van der Waals surface area contributed by atoms with Crippen molar-refractivity contribution in [1.82, 2.24) is 14.9 Å². The molecule has 1 aliphatic heterocycles. The Balaban J connectivity index is 1.51. The maximum Gasteiger partial charge on any atom is 0.253 e. The molecule has 2 aromatic heterocycles. The second-order valence-corrected chi connectivity index (χ2v) is 9.44. The van der Waals surface area contributed by atoms with Gasteiger partial charge in [0.2, 0.25) is 11.8 Å². The molecule has 1 aromatic carbocycles. The summed E-state index contributed by atoms with van der Waals surface area (Å²) in [6.07, 6.45) is 3.44. The fraction of sp³-hybridized carbons (Fsp3) is 0.308. The highest BCUT2D eigenvalue weighted by atomic mass is 16.5. The van der Waals surface area contributed by atoms with Gasteiger partial charge in [-0.2, -0.15) is 0 Å². The van der Waals surface area contributed by atoms with Crippen molar-refractivity contribution in [1.29, 1.82) is 0 Å². The van der Waals surface area contributed by atoms with Crippen LogP contribution in [0.2, 0.25) is 0 Å². The van der Waals surface area contributed by atoms with Crippen LogP contribution in [0.25, 0.3) is 11.1 Å². The molecule has 3 aromatic rings. The molecule has 8 heteroatoms. The fourth-order valence-electron chi connectivity index (χ4n) is 3.63. The number of hydrogen-bond acceptors (Lipinski definition) is 6. The molecule has 1 aliphatic rings. The topological polar surface area (TPSA) is 87.7 Å². The highest BCUT2D eigenvalue weighted by Crippen LogP contribution is 2.35. The maximum atomic E-state index is 12.9. The van der Waals surface area contributed by atoms with Gasteiger partial charge in [0, 0.05) is 36.8 Å². The van der Waals surface area contributed by atoms with E-state index in [1.165, 1.54) is 0 Å². The molecule has 3 heterocycles. The molecular weight excluding hydrogens is 430 g/mol. The van der Waals surface area contributed by atoms with Crippen molar-refractivity contribution in [2.75, 3.05) is 37.5 Å². The molecule has 0 bridgehead atoms. The van der Waals surface area contributed by atoms with Crippen LogP contribution in [0, 0.1) is 5.41 Å². The van der Waals surface area contributed by atoms with Gasteiger partial charge < -0.3 is 19.9 Å². The molecule has 0 spiro atoms. The molecule has 176 valence electrons. The predicted molar refractivity (Wildman–Crippen MR) is 133 cm³/mol. The summed E-state index contributed by atoms with van der Waals surface area (Å²) in [5.41, 5.74) is 3.41. The largest absolute Gasteiger partial charge is 0.474 e. The van der Waals surface area contributed by atoms with Gasteiger partial charge in [-0.3, -0.25) is 9.59 Å². The third kappa shape index (κ3) is 4.85. The van der Waals surface area contributed by atoms with Crippen LogP contribution in [-0.2, 0) is 4.79 Å². The molecule has 0 radical (unpaired) electrons. The zero-order chi connectivity index (χ0) is 24.5. The van der Waals surface area contributed by atoms with Crippen LogP contribution in [0.1, 0.15) is 31.1 Å². The third-order valence-electron chi connectivity index (χ3n) is 5.47. The molecule has 0 unspecified atom stereocenters. The maximum absolute atomic E-state index is 12.9. The Morgan fingerprint density at radius 3 is 2.32 bits per heavy atom. The van der Waals surface area contributed by atoms with Gasteiger partial charge in [0.05, 0.1) is 18.4 Å². The molecule has 0 atom stereocenters. The Kier molecular flexibility index (Phi) is 6.24. The van der Waals surface area contributed by atoms with Crippen molar-refractivity contribution in [3.63, 3.8) is 0 Å². The standard InChI is InChI=1S/C26H29N5O3/c1-26(2,3)25(33)31-12-13-34-23-21(31)14-20(16-28-23)29-22-11-10-19(15-27-22)17-6-8-18(9-7-17)24(32)30(4)5/h6-11,14-16H,12-13H2,1-5H3,(H,27,29). The fourth-order valence-corrected chi connectivity index (χ4v) is 3.63. The molecule has 34 heavy (non-hydrogen) atoms. The van der Waals surface area contributed by atoms with Crippen LogP contribution >= 0.6 is 0 Å². The Bertz CT molecular complexity index is 1200. The lowest BCUT2D eigenvalue weighted by atomic mass is 9.94. The van der Waals surface area contributed by atoms with E-state index in [2.05, 4.69) is 15.3 Å². The Hall–Kier alpha value is -3.94. The van der Waals surface area contributed by atoms with E-state index in [1.807, 2.05) is 63.2 Å². The molecule has 2 amide bonds.